The second kappa shape index (κ2) is 7.11. The maximum absolute atomic E-state index is 5.49. The first-order valence-corrected chi connectivity index (χ1v) is 8.23. The average molecular weight is 279 g/mol. The number of nitrogens with zero attached hydrogens (tertiary/aromatic N) is 1. The Morgan fingerprint density at radius 2 is 1.94 bits per heavy atom. The monoisotopic (exact) mass is 279 g/mol. The van der Waals surface area contributed by atoms with Crippen molar-refractivity contribution in [3.8, 4) is 5.88 Å². The largest absolute Gasteiger partial charge is 0.402 e. The molecule has 1 rings (SSSR count). The van der Waals surface area contributed by atoms with Gasteiger partial charge in [0, 0.05) is 24.3 Å². The maximum atomic E-state index is 5.49. The van der Waals surface area contributed by atoms with Gasteiger partial charge in [0.2, 0.25) is 0 Å². The van der Waals surface area contributed by atoms with E-state index in [1.54, 1.807) is 6.07 Å². The van der Waals surface area contributed by atoms with Crippen LogP contribution in [0.2, 0.25) is 0 Å². The molecular weight excluding hydrogens is 261 g/mol. The predicted octanol–water partition coefficient (Wildman–Crippen LogP) is 3.30. The summed E-state index contributed by atoms with van der Waals surface area (Å²) in [5, 5.41) is 3.79. The van der Waals surface area contributed by atoms with Crippen molar-refractivity contribution in [1.29, 1.82) is 0 Å². The fourth-order valence-electron chi connectivity index (χ4n) is 1.22. The van der Waals surface area contributed by atoms with Crippen molar-refractivity contribution in [1.82, 2.24) is 5.16 Å². The van der Waals surface area contributed by atoms with E-state index in [0.29, 0.717) is 19.1 Å². The van der Waals surface area contributed by atoms with Gasteiger partial charge < -0.3 is 9.05 Å². The van der Waals surface area contributed by atoms with Crippen molar-refractivity contribution in [2.24, 2.45) is 0 Å². The van der Waals surface area contributed by atoms with E-state index in [-0.39, 0.29) is 0 Å². The zero-order valence-corrected chi connectivity index (χ0v) is 12.1. The molecule has 0 unspecified atom stereocenters. The van der Waals surface area contributed by atoms with E-state index in [1.165, 1.54) is 0 Å². The molecule has 1 heterocycles. The van der Waals surface area contributed by atoms with Gasteiger partial charge in [-0.3, -0.25) is 9.05 Å². The number of hydrogen-bond acceptors (Lipinski definition) is 6. The van der Waals surface area contributed by atoms with Crippen LogP contribution in [0.5, 0.6) is 5.88 Å². The van der Waals surface area contributed by atoms with Crippen LogP contribution in [0.15, 0.2) is 10.6 Å². The summed E-state index contributed by atoms with van der Waals surface area (Å²) in [6, 6.07) is 1.72. The van der Waals surface area contributed by atoms with Crippen molar-refractivity contribution in [2.75, 3.05) is 13.2 Å². The Hall–Kier alpha value is -0.420. The predicted molar refractivity (Wildman–Crippen MR) is 68.7 cm³/mol. The highest BCUT2D eigenvalue weighted by Gasteiger charge is 2.23. The second-order valence-corrected chi connectivity index (χ2v) is 6.19. The number of hydrogen-bond donors (Lipinski definition) is 0. The van der Waals surface area contributed by atoms with Crippen LogP contribution in [0.25, 0.3) is 0 Å². The molecule has 7 heteroatoms. The fraction of sp³-hybridized carbons (Fsp3) is 0.700. The molecule has 0 aliphatic rings. The highest BCUT2D eigenvalue weighted by molar-refractivity contribution is 8.07. The number of aromatic nitrogens is 1. The van der Waals surface area contributed by atoms with Crippen LogP contribution in [0.4, 0.5) is 0 Å². The Morgan fingerprint density at radius 1 is 1.29 bits per heavy atom. The average Bonchev–Trinajstić information content (AvgIpc) is 2.66. The molecular formula is C10H18NO4PS. The van der Waals surface area contributed by atoms with E-state index >= 15 is 0 Å². The smallest absolute Gasteiger partial charge is 0.381 e. The van der Waals surface area contributed by atoms with E-state index in [0.717, 1.165) is 18.6 Å². The lowest BCUT2D eigenvalue weighted by atomic mass is 10.3. The fourth-order valence-corrected chi connectivity index (χ4v) is 3.21. The molecule has 0 fully saturated rings. The van der Waals surface area contributed by atoms with E-state index in [2.05, 4.69) is 12.1 Å². The molecule has 0 aromatic carbocycles. The van der Waals surface area contributed by atoms with E-state index in [9.17, 15) is 0 Å². The van der Waals surface area contributed by atoms with Gasteiger partial charge in [-0.15, -0.1) is 0 Å². The SMILES string of the molecule is CCCc1cc(OP(=S)(OCC)OCC)no1. The van der Waals surface area contributed by atoms with Crippen LogP contribution in [-0.2, 0) is 27.3 Å². The standard InChI is InChI=1S/C10H18NO4PS/c1-4-7-9-8-10(11-14-9)15-16(17,12-5-2)13-6-3/h8H,4-7H2,1-3H3. The normalized spacial score (nSPS) is 11.7. The Morgan fingerprint density at radius 3 is 2.47 bits per heavy atom. The first-order valence-electron chi connectivity index (χ1n) is 5.67. The molecule has 0 radical (unpaired) electrons. The van der Waals surface area contributed by atoms with Gasteiger partial charge >= 0.3 is 6.72 Å². The molecule has 17 heavy (non-hydrogen) atoms. The molecule has 0 spiro atoms. The quantitative estimate of drug-likeness (QED) is 0.680. The van der Waals surface area contributed by atoms with Crippen molar-refractivity contribution >= 4 is 18.5 Å². The lowest BCUT2D eigenvalue weighted by Crippen LogP contribution is -2.02. The summed E-state index contributed by atoms with van der Waals surface area (Å²) in [5.41, 5.74) is 0. The Labute approximate surface area is 107 Å². The molecule has 0 saturated heterocycles. The summed E-state index contributed by atoms with van der Waals surface area (Å²) in [5.74, 6) is 1.11. The summed E-state index contributed by atoms with van der Waals surface area (Å²) in [4.78, 5) is 0. The van der Waals surface area contributed by atoms with Crippen molar-refractivity contribution in [2.45, 2.75) is 33.6 Å². The van der Waals surface area contributed by atoms with Gasteiger partial charge in [0.25, 0.3) is 5.88 Å². The molecule has 1 aromatic heterocycles. The molecule has 0 aliphatic heterocycles. The van der Waals surface area contributed by atoms with Gasteiger partial charge in [-0.2, -0.15) is 0 Å². The lowest BCUT2D eigenvalue weighted by molar-refractivity contribution is 0.212. The first kappa shape index (κ1) is 14.6. The van der Waals surface area contributed by atoms with E-state index < -0.39 is 6.72 Å². The van der Waals surface area contributed by atoms with Crippen LogP contribution in [0.3, 0.4) is 0 Å². The molecule has 0 amide bonds. The summed E-state index contributed by atoms with van der Waals surface area (Å²) in [7, 11) is 0. The zero-order chi connectivity index (χ0) is 12.7. The summed E-state index contributed by atoms with van der Waals surface area (Å²) in [6.45, 7) is 3.89. The number of aryl methyl sites for hydroxylation is 1. The molecule has 5 nitrogen and oxygen atoms in total. The highest BCUT2D eigenvalue weighted by atomic mass is 32.5. The third kappa shape index (κ3) is 4.76. The lowest BCUT2D eigenvalue weighted by Gasteiger charge is -2.18. The minimum absolute atomic E-state index is 0.332. The first-order chi connectivity index (χ1) is 8.13. The molecule has 0 saturated carbocycles. The van der Waals surface area contributed by atoms with Gasteiger partial charge in [-0.05, 0) is 25.4 Å². The van der Waals surface area contributed by atoms with Crippen LogP contribution < -0.4 is 4.52 Å². The topological polar surface area (TPSA) is 53.7 Å². The van der Waals surface area contributed by atoms with Crippen LogP contribution in [-0.4, -0.2) is 18.4 Å². The molecule has 0 aliphatic carbocycles. The number of rotatable bonds is 8. The van der Waals surface area contributed by atoms with Gasteiger partial charge in [-0.1, -0.05) is 6.92 Å². The van der Waals surface area contributed by atoms with Gasteiger partial charge in [0.15, 0.2) is 0 Å². The molecule has 98 valence electrons. The van der Waals surface area contributed by atoms with Gasteiger partial charge in [-0.25, -0.2) is 0 Å². The van der Waals surface area contributed by atoms with Crippen LogP contribution in [0, 0.1) is 0 Å². The summed E-state index contributed by atoms with van der Waals surface area (Å²) in [6.07, 6.45) is 1.81. The minimum Gasteiger partial charge on any atom is -0.402 e. The Bertz CT molecular complexity index is 372. The van der Waals surface area contributed by atoms with E-state index in [1.807, 2.05) is 13.8 Å². The highest BCUT2D eigenvalue weighted by Crippen LogP contribution is 2.49. The zero-order valence-electron chi connectivity index (χ0n) is 10.3. The summed E-state index contributed by atoms with van der Waals surface area (Å²) >= 11 is 5.22. The van der Waals surface area contributed by atoms with Crippen LogP contribution in [0.1, 0.15) is 33.0 Å². The van der Waals surface area contributed by atoms with Crippen molar-refractivity contribution in [3.63, 3.8) is 0 Å². The Kier molecular flexibility index (Phi) is 6.12. The minimum atomic E-state index is -2.74. The van der Waals surface area contributed by atoms with Gasteiger partial charge in [0.1, 0.15) is 5.76 Å². The third-order valence-corrected chi connectivity index (χ3v) is 4.23. The summed E-state index contributed by atoms with van der Waals surface area (Å²) < 4.78 is 21.3. The Balaban J connectivity index is 2.68. The second-order valence-electron chi connectivity index (χ2n) is 3.26. The van der Waals surface area contributed by atoms with Crippen LogP contribution >= 0.6 is 6.72 Å². The molecule has 0 N–H and O–H groups in total. The van der Waals surface area contributed by atoms with Crippen molar-refractivity contribution in [3.05, 3.63) is 11.8 Å². The van der Waals surface area contributed by atoms with E-state index in [4.69, 9.17) is 29.9 Å². The molecule has 0 atom stereocenters. The molecule has 0 bridgehead atoms. The maximum Gasteiger partial charge on any atom is 0.381 e. The molecule has 1 aromatic rings. The third-order valence-electron chi connectivity index (χ3n) is 1.81. The van der Waals surface area contributed by atoms with Crippen molar-refractivity contribution < 1.29 is 18.1 Å². The van der Waals surface area contributed by atoms with Gasteiger partial charge in [0.05, 0.1) is 13.2 Å².